The molecular formula is C18H15ClO2. The number of phenolic OH excluding ortho intramolecular Hbond substituents is 1. The molecule has 0 bridgehead atoms. The topological polar surface area (TPSA) is 29.5 Å². The molecule has 0 aliphatic carbocycles. The summed E-state index contributed by atoms with van der Waals surface area (Å²) >= 11 is 6.10. The van der Waals surface area contributed by atoms with Gasteiger partial charge in [0.05, 0.1) is 5.88 Å². The summed E-state index contributed by atoms with van der Waals surface area (Å²) in [6.45, 7) is 0.399. The molecule has 0 spiro atoms. The van der Waals surface area contributed by atoms with Crippen molar-refractivity contribution in [3.05, 3.63) is 71.8 Å². The average molecular weight is 299 g/mol. The largest absolute Gasteiger partial charge is 0.508 e. The summed E-state index contributed by atoms with van der Waals surface area (Å²) in [5.74, 6) is 1.43. The fourth-order valence-electron chi connectivity index (χ4n) is 2.40. The van der Waals surface area contributed by atoms with Crippen molar-refractivity contribution in [3.8, 4) is 11.5 Å². The Morgan fingerprint density at radius 3 is 2.62 bits per heavy atom. The lowest BCUT2D eigenvalue weighted by atomic mass is 10.0. The second-order valence-electron chi connectivity index (χ2n) is 4.86. The normalized spacial score (nSPS) is 10.7. The molecule has 3 aromatic rings. The smallest absolute Gasteiger partial charge is 0.124 e. The Bertz CT molecular complexity index is 768. The van der Waals surface area contributed by atoms with Gasteiger partial charge in [0.15, 0.2) is 0 Å². The quantitative estimate of drug-likeness (QED) is 0.697. The molecule has 0 atom stereocenters. The third kappa shape index (κ3) is 2.96. The predicted octanol–water partition coefficient (Wildman–Crippen LogP) is 4.86. The van der Waals surface area contributed by atoms with E-state index in [0.717, 1.165) is 27.6 Å². The second-order valence-corrected chi connectivity index (χ2v) is 5.12. The van der Waals surface area contributed by atoms with Crippen LogP contribution < -0.4 is 4.74 Å². The van der Waals surface area contributed by atoms with Gasteiger partial charge in [-0.05, 0) is 34.5 Å². The Labute approximate surface area is 128 Å². The average Bonchev–Trinajstić information content (AvgIpc) is 2.52. The third-order valence-corrected chi connectivity index (χ3v) is 3.70. The number of alkyl halides is 1. The van der Waals surface area contributed by atoms with Gasteiger partial charge in [-0.15, -0.1) is 11.6 Å². The number of fused-ring (bicyclic) bond motifs is 1. The van der Waals surface area contributed by atoms with Gasteiger partial charge in [-0.3, -0.25) is 0 Å². The Kier molecular flexibility index (Phi) is 3.98. The molecule has 0 unspecified atom stereocenters. The first-order chi connectivity index (χ1) is 10.3. The Morgan fingerprint density at radius 1 is 0.952 bits per heavy atom. The Balaban J connectivity index is 1.90. The van der Waals surface area contributed by atoms with E-state index in [1.807, 2.05) is 36.4 Å². The Morgan fingerprint density at radius 2 is 1.81 bits per heavy atom. The number of aromatic hydroxyl groups is 1. The minimum atomic E-state index is 0.243. The van der Waals surface area contributed by atoms with Crippen LogP contribution in [0.2, 0.25) is 0 Å². The summed E-state index contributed by atoms with van der Waals surface area (Å²) in [5.41, 5.74) is 1.92. The van der Waals surface area contributed by atoms with E-state index in [9.17, 15) is 5.11 Å². The van der Waals surface area contributed by atoms with Crippen LogP contribution in [0.25, 0.3) is 10.8 Å². The van der Waals surface area contributed by atoms with Crippen molar-refractivity contribution >= 4 is 22.4 Å². The van der Waals surface area contributed by atoms with Crippen molar-refractivity contribution in [1.29, 1.82) is 0 Å². The molecule has 1 N–H and O–H groups in total. The number of ether oxygens (including phenoxy) is 1. The van der Waals surface area contributed by atoms with E-state index in [-0.39, 0.29) is 5.75 Å². The van der Waals surface area contributed by atoms with Crippen molar-refractivity contribution in [2.24, 2.45) is 0 Å². The van der Waals surface area contributed by atoms with Crippen molar-refractivity contribution in [3.63, 3.8) is 0 Å². The van der Waals surface area contributed by atoms with Crippen LogP contribution in [0.15, 0.2) is 60.7 Å². The minimum absolute atomic E-state index is 0.243. The van der Waals surface area contributed by atoms with Crippen molar-refractivity contribution in [1.82, 2.24) is 0 Å². The maximum Gasteiger partial charge on any atom is 0.124 e. The SMILES string of the molecule is Oc1cccc(COc2ccc3ccccc3c2CCl)c1. The number of phenols is 1. The molecule has 106 valence electrons. The van der Waals surface area contributed by atoms with Gasteiger partial charge in [0.1, 0.15) is 18.1 Å². The van der Waals surface area contributed by atoms with Gasteiger partial charge >= 0.3 is 0 Å². The highest BCUT2D eigenvalue weighted by atomic mass is 35.5. The van der Waals surface area contributed by atoms with Gasteiger partial charge in [0, 0.05) is 5.56 Å². The van der Waals surface area contributed by atoms with Crippen LogP contribution in [0.3, 0.4) is 0 Å². The molecule has 0 amide bonds. The van der Waals surface area contributed by atoms with Crippen LogP contribution in [-0.2, 0) is 12.5 Å². The fraction of sp³-hybridized carbons (Fsp3) is 0.111. The highest BCUT2D eigenvalue weighted by molar-refractivity contribution is 6.18. The highest BCUT2D eigenvalue weighted by Gasteiger charge is 2.08. The zero-order chi connectivity index (χ0) is 14.7. The van der Waals surface area contributed by atoms with E-state index in [1.54, 1.807) is 18.2 Å². The molecule has 0 radical (unpaired) electrons. The van der Waals surface area contributed by atoms with E-state index in [0.29, 0.717) is 12.5 Å². The maximum atomic E-state index is 9.48. The summed E-state index contributed by atoms with van der Waals surface area (Å²) in [5, 5.41) is 11.7. The lowest BCUT2D eigenvalue weighted by molar-refractivity contribution is 0.303. The summed E-state index contributed by atoms with van der Waals surface area (Å²) in [6, 6.07) is 19.2. The molecule has 0 aliphatic rings. The van der Waals surface area contributed by atoms with Gasteiger partial charge in [-0.2, -0.15) is 0 Å². The number of hydrogen-bond acceptors (Lipinski definition) is 2. The van der Waals surface area contributed by atoms with Crippen LogP contribution in [0.1, 0.15) is 11.1 Å². The number of hydrogen-bond donors (Lipinski definition) is 1. The van der Waals surface area contributed by atoms with E-state index < -0.39 is 0 Å². The lowest BCUT2D eigenvalue weighted by Crippen LogP contribution is -1.98. The Hall–Kier alpha value is -2.19. The van der Waals surface area contributed by atoms with E-state index in [1.165, 1.54) is 0 Å². The van der Waals surface area contributed by atoms with Gasteiger partial charge in [-0.1, -0.05) is 42.5 Å². The molecule has 2 nitrogen and oxygen atoms in total. The number of benzene rings is 3. The molecule has 0 aromatic heterocycles. The molecule has 0 fully saturated rings. The van der Waals surface area contributed by atoms with Crippen LogP contribution in [0.5, 0.6) is 11.5 Å². The number of rotatable bonds is 4. The summed E-state index contributed by atoms with van der Waals surface area (Å²) < 4.78 is 5.88. The summed E-state index contributed by atoms with van der Waals surface area (Å²) in [4.78, 5) is 0. The predicted molar refractivity (Wildman–Crippen MR) is 85.9 cm³/mol. The molecule has 21 heavy (non-hydrogen) atoms. The van der Waals surface area contributed by atoms with E-state index in [4.69, 9.17) is 16.3 Å². The third-order valence-electron chi connectivity index (χ3n) is 3.44. The molecule has 3 rings (SSSR count). The van der Waals surface area contributed by atoms with Gasteiger partial charge < -0.3 is 9.84 Å². The van der Waals surface area contributed by atoms with Gasteiger partial charge in [-0.25, -0.2) is 0 Å². The molecule has 0 aliphatic heterocycles. The van der Waals surface area contributed by atoms with Crippen LogP contribution in [0.4, 0.5) is 0 Å². The zero-order valence-corrected chi connectivity index (χ0v) is 12.2. The molecule has 3 aromatic carbocycles. The van der Waals surface area contributed by atoms with Crippen LogP contribution >= 0.6 is 11.6 Å². The fourth-order valence-corrected chi connectivity index (χ4v) is 2.67. The standard InChI is InChI=1S/C18H15ClO2/c19-11-17-16-7-2-1-5-14(16)8-9-18(17)21-12-13-4-3-6-15(20)10-13/h1-10,20H,11-12H2. The molecular weight excluding hydrogens is 284 g/mol. The first-order valence-corrected chi connectivity index (χ1v) is 7.28. The first kappa shape index (κ1) is 13.8. The molecule has 0 saturated heterocycles. The monoisotopic (exact) mass is 298 g/mol. The van der Waals surface area contributed by atoms with Crippen LogP contribution in [-0.4, -0.2) is 5.11 Å². The molecule has 0 saturated carbocycles. The zero-order valence-electron chi connectivity index (χ0n) is 11.4. The second kappa shape index (κ2) is 6.06. The summed E-state index contributed by atoms with van der Waals surface area (Å²) in [6.07, 6.45) is 0. The summed E-state index contributed by atoms with van der Waals surface area (Å²) in [7, 11) is 0. The first-order valence-electron chi connectivity index (χ1n) is 6.75. The van der Waals surface area contributed by atoms with Crippen molar-refractivity contribution in [2.45, 2.75) is 12.5 Å². The van der Waals surface area contributed by atoms with Crippen molar-refractivity contribution in [2.75, 3.05) is 0 Å². The van der Waals surface area contributed by atoms with Gasteiger partial charge in [0.25, 0.3) is 0 Å². The highest BCUT2D eigenvalue weighted by Crippen LogP contribution is 2.30. The number of halogens is 1. The molecule has 0 heterocycles. The van der Waals surface area contributed by atoms with Gasteiger partial charge in [0.2, 0.25) is 0 Å². The van der Waals surface area contributed by atoms with E-state index in [2.05, 4.69) is 6.07 Å². The maximum absolute atomic E-state index is 9.48. The lowest BCUT2D eigenvalue weighted by Gasteiger charge is -2.13. The van der Waals surface area contributed by atoms with Crippen molar-refractivity contribution < 1.29 is 9.84 Å². The van der Waals surface area contributed by atoms with E-state index >= 15 is 0 Å². The minimum Gasteiger partial charge on any atom is -0.508 e. The van der Waals surface area contributed by atoms with Crippen LogP contribution in [0, 0.1) is 0 Å². The molecule has 3 heteroatoms.